The molecular formula is C10H20N4. The van der Waals surface area contributed by atoms with E-state index in [9.17, 15) is 0 Å². The highest BCUT2D eigenvalue weighted by molar-refractivity contribution is 4.93. The van der Waals surface area contributed by atoms with E-state index in [0.717, 1.165) is 24.6 Å². The van der Waals surface area contributed by atoms with E-state index in [1.54, 1.807) is 0 Å². The Morgan fingerprint density at radius 1 is 1.29 bits per heavy atom. The molecule has 1 aromatic rings. The second kappa shape index (κ2) is 4.09. The van der Waals surface area contributed by atoms with Crippen LogP contribution in [-0.2, 0) is 13.5 Å². The van der Waals surface area contributed by atoms with Gasteiger partial charge >= 0.3 is 0 Å². The number of hydrogen-bond acceptors (Lipinski definition) is 3. The molecule has 4 heteroatoms. The van der Waals surface area contributed by atoms with Crippen LogP contribution in [0.25, 0.3) is 0 Å². The Labute approximate surface area is 85.7 Å². The van der Waals surface area contributed by atoms with Crippen LogP contribution in [0, 0.1) is 6.92 Å². The molecule has 14 heavy (non-hydrogen) atoms. The van der Waals surface area contributed by atoms with Crippen molar-refractivity contribution in [3.05, 3.63) is 11.6 Å². The molecule has 4 nitrogen and oxygen atoms in total. The maximum atomic E-state index is 4.11. The number of aryl methyl sites for hydroxylation is 1. The Hall–Kier alpha value is -0.900. The molecule has 0 fully saturated rings. The van der Waals surface area contributed by atoms with Crippen molar-refractivity contribution in [2.24, 2.45) is 7.05 Å². The Balaban J connectivity index is 2.43. The summed E-state index contributed by atoms with van der Waals surface area (Å²) in [5.41, 5.74) is 0.174. The van der Waals surface area contributed by atoms with Gasteiger partial charge in [0.1, 0.15) is 11.6 Å². The molecule has 0 saturated carbocycles. The molecule has 0 spiro atoms. The molecule has 0 unspecified atom stereocenters. The molecule has 0 atom stereocenters. The summed E-state index contributed by atoms with van der Waals surface area (Å²) in [6.45, 7) is 9.39. The molecule has 0 aliphatic heterocycles. The monoisotopic (exact) mass is 196 g/mol. The van der Waals surface area contributed by atoms with Crippen LogP contribution in [0.3, 0.4) is 0 Å². The van der Waals surface area contributed by atoms with Crippen LogP contribution >= 0.6 is 0 Å². The summed E-state index contributed by atoms with van der Waals surface area (Å²) < 4.78 is 2.03. The molecular weight excluding hydrogens is 176 g/mol. The Bertz CT molecular complexity index is 296. The smallest absolute Gasteiger partial charge is 0.134 e. The van der Waals surface area contributed by atoms with Gasteiger partial charge in [-0.1, -0.05) is 0 Å². The Morgan fingerprint density at radius 3 is 2.36 bits per heavy atom. The zero-order chi connectivity index (χ0) is 10.8. The molecule has 0 amide bonds. The Morgan fingerprint density at radius 2 is 1.93 bits per heavy atom. The van der Waals surface area contributed by atoms with Gasteiger partial charge in [-0.3, -0.25) is 0 Å². The molecule has 0 radical (unpaired) electrons. The van der Waals surface area contributed by atoms with Gasteiger partial charge in [0, 0.05) is 25.6 Å². The van der Waals surface area contributed by atoms with E-state index in [0.29, 0.717) is 0 Å². The highest BCUT2D eigenvalue weighted by Gasteiger charge is 2.09. The van der Waals surface area contributed by atoms with Crippen molar-refractivity contribution >= 4 is 0 Å². The lowest BCUT2D eigenvalue weighted by molar-refractivity contribution is 0.426. The SMILES string of the molecule is Cc1nnc(CCNC(C)(C)C)n1C. The Kier molecular flexibility index (Phi) is 3.26. The van der Waals surface area contributed by atoms with Gasteiger partial charge in [0.15, 0.2) is 0 Å². The number of nitrogens with zero attached hydrogens (tertiary/aromatic N) is 3. The minimum atomic E-state index is 0.174. The fourth-order valence-electron chi connectivity index (χ4n) is 1.22. The quantitative estimate of drug-likeness (QED) is 0.786. The van der Waals surface area contributed by atoms with Gasteiger partial charge < -0.3 is 9.88 Å². The second-order valence-electron chi connectivity index (χ2n) is 4.65. The van der Waals surface area contributed by atoms with Crippen molar-refractivity contribution in [2.45, 2.75) is 39.7 Å². The largest absolute Gasteiger partial charge is 0.318 e. The van der Waals surface area contributed by atoms with Crippen LogP contribution in [0.2, 0.25) is 0 Å². The van der Waals surface area contributed by atoms with Crippen molar-refractivity contribution < 1.29 is 0 Å². The third-order valence-electron chi connectivity index (χ3n) is 2.19. The van der Waals surface area contributed by atoms with Crippen LogP contribution in [0.4, 0.5) is 0 Å². The van der Waals surface area contributed by atoms with Gasteiger partial charge in [0.2, 0.25) is 0 Å². The first-order valence-electron chi connectivity index (χ1n) is 5.00. The van der Waals surface area contributed by atoms with Crippen LogP contribution in [0.5, 0.6) is 0 Å². The van der Waals surface area contributed by atoms with Crippen molar-refractivity contribution in [1.82, 2.24) is 20.1 Å². The lowest BCUT2D eigenvalue weighted by Gasteiger charge is -2.20. The third kappa shape index (κ3) is 3.10. The fourth-order valence-corrected chi connectivity index (χ4v) is 1.22. The zero-order valence-corrected chi connectivity index (χ0v) is 9.76. The van der Waals surface area contributed by atoms with Gasteiger partial charge in [-0.05, 0) is 27.7 Å². The molecule has 0 aromatic carbocycles. The zero-order valence-electron chi connectivity index (χ0n) is 9.76. The maximum Gasteiger partial charge on any atom is 0.134 e. The summed E-state index contributed by atoms with van der Waals surface area (Å²) in [7, 11) is 2.00. The maximum absolute atomic E-state index is 4.11. The van der Waals surface area contributed by atoms with E-state index >= 15 is 0 Å². The van der Waals surface area contributed by atoms with E-state index in [4.69, 9.17) is 0 Å². The number of hydrogen-bond donors (Lipinski definition) is 1. The first-order valence-corrected chi connectivity index (χ1v) is 5.00. The summed E-state index contributed by atoms with van der Waals surface area (Å²) in [4.78, 5) is 0. The second-order valence-corrected chi connectivity index (χ2v) is 4.65. The minimum absolute atomic E-state index is 0.174. The molecule has 1 aromatic heterocycles. The lowest BCUT2D eigenvalue weighted by atomic mass is 10.1. The highest BCUT2D eigenvalue weighted by Crippen LogP contribution is 2.01. The first kappa shape index (κ1) is 11.2. The number of aromatic nitrogens is 3. The van der Waals surface area contributed by atoms with Crippen LogP contribution in [-0.4, -0.2) is 26.8 Å². The van der Waals surface area contributed by atoms with Crippen LogP contribution in [0.15, 0.2) is 0 Å². The molecule has 80 valence electrons. The summed E-state index contributed by atoms with van der Waals surface area (Å²) in [6, 6.07) is 0. The van der Waals surface area contributed by atoms with Crippen LogP contribution in [0.1, 0.15) is 32.4 Å². The van der Waals surface area contributed by atoms with Crippen molar-refractivity contribution in [1.29, 1.82) is 0 Å². The summed E-state index contributed by atoms with van der Waals surface area (Å²) in [6.07, 6.45) is 0.925. The van der Waals surface area contributed by atoms with E-state index in [2.05, 4.69) is 36.3 Å². The predicted octanol–water partition coefficient (Wildman–Crippen LogP) is 1.05. The molecule has 1 heterocycles. The van der Waals surface area contributed by atoms with Gasteiger partial charge in [-0.2, -0.15) is 0 Å². The number of nitrogens with one attached hydrogen (secondary N) is 1. The molecule has 0 aliphatic carbocycles. The van der Waals surface area contributed by atoms with Gasteiger partial charge in [-0.25, -0.2) is 0 Å². The van der Waals surface area contributed by atoms with Crippen LogP contribution < -0.4 is 5.32 Å². The van der Waals surface area contributed by atoms with Gasteiger partial charge in [-0.15, -0.1) is 10.2 Å². The molecule has 1 N–H and O–H groups in total. The third-order valence-corrected chi connectivity index (χ3v) is 2.19. The summed E-state index contributed by atoms with van der Waals surface area (Å²) in [5.74, 6) is 2.01. The van der Waals surface area contributed by atoms with E-state index in [1.165, 1.54) is 0 Å². The predicted molar refractivity (Wildman–Crippen MR) is 57.2 cm³/mol. The van der Waals surface area contributed by atoms with Crippen molar-refractivity contribution in [2.75, 3.05) is 6.54 Å². The van der Waals surface area contributed by atoms with E-state index in [-0.39, 0.29) is 5.54 Å². The fraction of sp³-hybridized carbons (Fsp3) is 0.800. The average molecular weight is 196 g/mol. The number of rotatable bonds is 3. The van der Waals surface area contributed by atoms with E-state index in [1.807, 2.05) is 18.5 Å². The minimum Gasteiger partial charge on any atom is -0.318 e. The molecule has 1 rings (SSSR count). The molecule has 0 aliphatic rings. The molecule has 0 bridgehead atoms. The summed E-state index contributed by atoms with van der Waals surface area (Å²) >= 11 is 0. The van der Waals surface area contributed by atoms with Crippen molar-refractivity contribution in [3.63, 3.8) is 0 Å². The topological polar surface area (TPSA) is 42.7 Å². The lowest BCUT2D eigenvalue weighted by Crippen LogP contribution is -2.37. The van der Waals surface area contributed by atoms with Gasteiger partial charge in [0.25, 0.3) is 0 Å². The standard InChI is InChI=1S/C10H20N4/c1-8-12-13-9(14(8)5)6-7-11-10(2,3)4/h11H,6-7H2,1-5H3. The average Bonchev–Trinajstić information content (AvgIpc) is 2.33. The van der Waals surface area contributed by atoms with Crippen molar-refractivity contribution in [3.8, 4) is 0 Å². The van der Waals surface area contributed by atoms with E-state index < -0.39 is 0 Å². The summed E-state index contributed by atoms with van der Waals surface area (Å²) in [5, 5.41) is 11.5. The molecule has 0 saturated heterocycles. The highest BCUT2D eigenvalue weighted by atomic mass is 15.3. The normalized spacial score (nSPS) is 12.1. The first-order chi connectivity index (χ1) is 6.40. The van der Waals surface area contributed by atoms with Gasteiger partial charge in [0.05, 0.1) is 0 Å².